The molecule has 1 atom stereocenters. The molecule has 1 unspecified atom stereocenters. The third-order valence-electron chi connectivity index (χ3n) is 4.67. The van der Waals surface area contributed by atoms with Crippen LogP contribution in [0.4, 0.5) is 0 Å². The number of halogens is 1. The summed E-state index contributed by atoms with van der Waals surface area (Å²) in [4.78, 5) is 12.4. The van der Waals surface area contributed by atoms with E-state index in [1.807, 2.05) is 49.4 Å². The van der Waals surface area contributed by atoms with Crippen molar-refractivity contribution in [1.82, 2.24) is 5.32 Å². The van der Waals surface area contributed by atoms with Crippen LogP contribution in [0.15, 0.2) is 54.6 Å². The number of carbonyl (C=O) groups is 1. The SMILES string of the molecule is CC(CN)(NC(=O)c1ccc(OCc2ccccc2)cc1)C1CC1.Cl. The second-order valence-electron chi connectivity index (χ2n) is 6.65. The molecule has 3 N–H and O–H groups in total. The first-order chi connectivity index (χ1) is 11.6. The molecule has 0 bridgehead atoms. The lowest BCUT2D eigenvalue weighted by Gasteiger charge is -2.29. The summed E-state index contributed by atoms with van der Waals surface area (Å²) in [7, 11) is 0. The second kappa shape index (κ2) is 8.37. The molecule has 1 aliphatic carbocycles. The number of nitrogens with one attached hydrogen (secondary N) is 1. The van der Waals surface area contributed by atoms with Crippen molar-refractivity contribution in [3.63, 3.8) is 0 Å². The van der Waals surface area contributed by atoms with Gasteiger partial charge >= 0.3 is 0 Å². The Morgan fingerprint density at radius 3 is 2.36 bits per heavy atom. The number of nitrogens with two attached hydrogens (primary N) is 1. The van der Waals surface area contributed by atoms with Gasteiger partial charge in [0.15, 0.2) is 0 Å². The van der Waals surface area contributed by atoms with Gasteiger partial charge in [-0.05, 0) is 55.5 Å². The summed E-state index contributed by atoms with van der Waals surface area (Å²) >= 11 is 0. The van der Waals surface area contributed by atoms with Crippen LogP contribution < -0.4 is 15.8 Å². The van der Waals surface area contributed by atoms with Crippen molar-refractivity contribution in [2.75, 3.05) is 6.54 Å². The summed E-state index contributed by atoms with van der Waals surface area (Å²) in [5, 5.41) is 3.09. The van der Waals surface area contributed by atoms with E-state index in [-0.39, 0.29) is 23.9 Å². The van der Waals surface area contributed by atoms with E-state index in [0.29, 0.717) is 24.6 Å². The summed E-state index contributed by atoms with van der Waals surface area (Å²) in [5.41, 5.74) is 7.29. The van der Waals surface area contributed by atoms with Crippen LogP contribution in [0.25, 0.3) is 0 Å². The number of rotatable bonds is 7. The number of carbonyl (C=O) groups excluding carboxylic acids is 1. The summed E-state index contributed by atoms with van der Waals surface area (Å²) in [5.74, 6) is 1.17. The van der Waals surface area contributed by atoms with Crippen molar-refractivity contribution < 1.29 is 9.53 Å². The Kier molecular flexibility index (Phi) is 6.45. The topological polar surface area (TPSA) is 64.3 Å². The highest BCUT2D eigenvalue weighted by Gasteiger charge is 2.41. The van der Waals surface area contributed by atoms with Crippen molar-refractivity contribution in [3.05, 3.63) is 65.7 Å². The van der Waals surface area contributed by atoms with Gasteiger partial charge in [0.1, 0.15) is 12.4 Å². The van der Waals surface area contributed by atoms with E-state index < -0.39 is 0 Å². The minimum absolute atomic E-state index is 0. The third kappa shape index (κ3) is 4.97. The first kappa shape index (κ1) is 19.3. The van der Waals surface area contributed by atoms with Gasteiger partial charge in [-0.15, -0.1) is 12.4 Å². The molecular formula is C20H25ClN2O2. The van der Waals surface area contributed by atoms with Crippen molar-refractivity contribution in [2.45, 2.75) is 31.9 Å². The molecule has 1 amide bonds. The van der Waals surface area contributed by atoms with Crippen LogP contribution in [-0.4, -0.2) is 18.0 Å². The lowest BCUT2D eigenvalue weighted by atomic mass is 9.95. The summed E-state index contributed by atoms with van der Waals surface area (Å²) < 4.78 is 5.75. The van der Waals surface area contributed by atoms with E-state index in [1.165, 1.54) is 0 Å². The number of hydrogen-bond acceptors (Lipinski definition) is 3. The van der Waals surface area contributed by atoms with Crippen molar-refractivity contribution in [1.29, 1.82) is 0 Å². The molecule has 0 aliphatic heterocycles. The molecule has 5 heteroatoms. The van der Waals surface area contributed by atoms with Crippen LogP contribution >= 0.6 is 12.4 Å². The van der Waals surface area contributed by atoms with E-state index in [0.717, 1.165) is 24.2 Å². The van der Waals surface area contributed by atoms with Gasteiger partial charge in [-0.2, -0.15) is 0 Å². The van der Waals surface area contributed by atoms with Crippen molar-refractivity contribution >= 4 is 18.3 Å². The van der Waals surface area contributed by atoms with Gasteiger partial charge in [0.2, 0.25) is 0 Å². The first-order valence-corrected chi connectivity index (χ1v) is 8.40. The fraction of sp³-hybridized carbons (Fsp3) is 0.350. The molecule has 0 spiro atoms. The van der Waals surface area contributed by atoms with Gasteiger partial charge in [-0.1, -0.05) is 30.3 Å². The molecule has 1 aliphatic rings. The largest absolute Gasteiger partial charge is 0.489 e. The minimum Gasteiger partial charge on any atom is -0.489 e. The van der Waals surface area contributed by atoms with Gasteiger partial charge < -0.3 is 15.8 Å². The zero-order valence-corrected chi connectivity index (χ0v) is 15.2. The van der Waals surface area contributed by atoms with Crippen LogP contribution in [0.3, 0.4) is 0 Å². The number of ether oxygens (including phenoxy) is 1. The predicted molar refractivity (Wildman–Crippen MR) is 102 cm³/mol. The van der Waals surface area contributed by atoms with E-state index in [1.54, 1.807) is 12.1 Å². The fourth-order valence-corrected chi connectivity index (χ4v) is 2.82. The highest BCUT2D eigenvalue weighted by Crippen LogP contribution is 2.39. The number of amides is 1. The second-order valence-corrected chi connectivity index (χ2v) is 6.65. The quantitative estimate of drug-likeness (QED) is 0.793. The standard InChI is InChI=1S/C20H24N2O2.ClH/c1-20(14-21,17-9-10-17)22-19(23)16-7-11-18(12-8-16)24-13-15-5-3-2-4-6-15;/h2-8,11-12,17H,9-10,13-14,21H2,1H3,(H,22,23);1H. The van der Waals surface area contributed by atoms with Crippen LogP contribution in [0.5, 0.6) is 5.75 Å². The average Bonchev–Trinajstić information content (AvgIpc) is 3.47. The number of benzene rings is 2. The smallest absolute Gasteiger partial charge is 0.251 e. The number of hydrogen-bond donors (Lipinski definition) is 2. The Hall–Kier alpha value is -2.04. The molecule has 0 heterocycles. The maximum atomic E-state index is 12.4. The van der Waals surface area contributed by atoms with E-state index >= 15 is 0 Å². The first-order valence-electron chi connectivity index (χ1n) is 8.40. The highest BCUT2D eigenvalue weighted by molar-refractivity contribution is 5.94. The van der Waals surface area contributed by atoms with Gasteiger partial charge in [-0.3, -0.25) is 4.79 Å². The van der Waals surface area contributed by atoms with Crippen LogP contribution in [0, 0.1) is 5.92 Å². The molecular weight excluding hydrogens is 336 g/mol. The van der Waals surface area contributed by atoms with E-state index in [2.05, 4.69) is 5.32 Å². The minimum atomic E-state index is -0.306. The lowest BCUT2D eigenvalue weighted by molar-refractivity contribution is 0.0898. The Morgan fingerprint density at radius 2 is 1.80 bits per heavy atom. The molecule has 2 aromatic carbocycles. The molecule has 134 valence electrons. The van der Waals surface area contributed by atoms with Gasteiger partial charge in [0.05, 0.1) is 5.54 Å². The molecule has 1 fully saturated rings. The maximum Gasteiger partial charge on any atom is 0.251 e. The summed E-state index contributed by atoms with van der Waals surface area (Å²) in [6.45, 7) is 3.00. The van der Waals surface area contributed by atoms with E-state index in [9.17, 15) is 4.79 Å². The Labute approximate surface area is 155 Å². The maximum absolute atomic E-state index is 12.4. The van der Waals surface area contributed by atoms with Gasteiger partial charge in [-0.25, -0.2) is 0 Å². The van der Waals surface area contributed by atoms with Crippen molar-refractivity contribution in [2.24, 2.45) is 11.7 Å². The monoisotopic (exact) mass is 360 g/mol. The fourth-order valence-electron chi connectivity index (χ4n) is 2.82. The molecule has 0 saturated heterocycles. The Bertz CT molecular complexity index is 687. The normalized spacial score (nSPS) is 15.6. The molecule has 25 heavy (non-hydrogen) atoms. The van der Waals surface area contributed by atoms with E-state index in [4.69, 9.17) is 10.5 Å². The highest BCUT2D eigenvalue weighted by atomic mass is 35.5. The van der Waals surface area contributed by atoms with Gasteiger partial charge in [0, 0.05) is 12.1 Å². The third-order valence-corrected chi connectivity index (χ3v) is 4.67. The average molecular weight is 361 g/mol. The Morgan fingerprint density at radius 1 is 1.16 bits per heavy atom. The molecule has 0 radical (unpaired) electrons. The van der Waals surface area contributed by atoms with Gasteiger partial charge in [0.25, 0.3) is 5.91 Å². The molecule has 2 aromatic rings. The van der Waals surface area contributed by atoms with Crippen molar-refractivity contribution in [3.8, 4) is 5.75 Å². The molecule has 1 saturated carbocycles. The van der Waals surface area contributed by atoms with Crippen LogP contribution in [0.1, 0.15) is 35.7 Å². The lowest BCUT2D eigenvalue weighted by Crippen LogP contribution is -2.53. The molecule has 3 rings (SSSR count). The zero-order valence-electron chi connectivity index (χ0n) is 14.4. The molecule has 0 aromatic heterocycles. The zero-order chi connectivity index (χ0) is 17.0. The van der Waals surface area contributed by atoms with Crippen LogP contribution in [-0.2, 0) is 6.61 Å². The van der Waals surface area contributed by atoms with Crippen LogP contribution in [0.2, 0.25) is 0 Å². The summed E-state index contributed by atoms with van der Waals surface area (Å²) in [6.07, 6.45) is 2.28. The predicted octanol–water partition coefficient (Wildman–Crippen LogP) is 3.54. The Balaban J connectivity index is 0.00000225. The molecule has 4 nitrogen and oxygen atoms in total. The summed E-state index contributed by atoms with van der Waals surface area (Å²) in [6, 6.07) is 17.2.